The predicted octanol–water partition coefficient (Wildman–Crippen LogP) is 2.76. The van der Waals surface area contributed by atoms with E-state index in [1.165, 1.54) is 16.9 Å². The first-order valence-electron chi connectivity index (χ1n) is 7.53. The third kappa shape index (κ3) is 3.06. The quantitative estimate of drug-likeness (QED) is 0.623. The van der Waals surface area contributed by atoms with Gasteiger partial charge >= 0.3 is 0 Å². The molecule has 0 saturated carbocycles. The molecule has 1 aliphatic rings. The summed E-state index contributed by atoms with van der Waals surface area (Å²) in [7, 11) is 3.06. The van der Waals surface area contributed by atoms with Crippen LogP contribution in [0.2, 0.25) is 0 Å². The Morgan fingerprint density at radius 3 is 2.36 bits per heavy atom. The van der Waals surface area contributed by atoms with Crippen LogP contribution in [0.5, 0.6) is 11.5 Å². The number of anilines is 2. The van der Waals surface area contributed by atoms with Gasteiger partial charge in [-0.25, -0.2) is 0 Å². The molecular weight excluding hydrogens is 340 g/mol. The summed E-state index contributed by atoms with van der Waals surface area (Å²) in [5, 5.41) is 0.0824. The number of hydrogen-bond acceptors (Lipinski definition) is 5. The lowest BCUT2D eigenvalue weighted by atomic mass is 10.2. The van der Waals surface area contributed by atoms with Gasteiger partial charge < -0.3 is 9.47 Å². The van der Waals surface area contributed by atoms with Crippen LogP contribution >= 0.6 is 12.2 Å². The van der Waals surface area contributed by atoms with Crippen LogP contribution in [-0.4, -0.2) is 31.1 Å². The highest BCUT2D eigenvalue weighted by Crippen LogP contribution is 2.33. The topological polar surface area (TPSA) is 59.1 Å². The molecule has 0 unspecified atom stereocenters. The van der Waals surface area contributed by atoms with Gasteiger partial charge in [0.1, 0.15) is 17.9 Å². The maximum absolute atomic E-state index is 12.5. The van der Waals surface area contributed by atoms with Gasteiger partial charge in [-0.3, -0.25) is 19.4 Å². The van der Waals surface area contributed by atoms with Crippen LogP contribution in [0.15, 0.2) is 48.5 Å². The summed E-state index contributed by atoms with van der Waals surface area (Å²) in [4.78, 5) is 27.6. The largest absolute Gasteiger partial charge is 0.497 e. The van der Waals surface area contributed by atoms with Gasteiger partial charge in [-0.05, 0) is 36.5 Å². The van der Waals surface area contributed by atoms with Crippen molar-refractivity contribution in [3.63, 3.8) is 0 Å². The Morgan fingerprint density at radius 1 is 0.920 bits per heavy atom. The number of rotatable bonds is 4. The predicted molar refractivity (Wildman–Crippen MR) is 98.2 cm³/mol. The van der Waals surface area contributed by atoms with Crippen molar-refractivity contribution in [1.82, 2.24) is 0 Å². The van der Waals surface area contributed by atoms with Crippen LogP contribution in [0.4, 0.5) is 11.4 Å². The Hall–Kier alpha value is -2.93. The average molecular weight is 356 g/mol. The summed E-state index contributed by atoms with van der Waals surface area (Å²) in [5.74, 6) is 0.319. The molecule has 3 rings (SSSR count). The number of carbonyl (C=O) groups is 2. The van der Waals surface area contributed by atoms with Crippen molar-refractivity contribution in [2.75, 3.05) is 24.0 Å². The Labute approximate surface area is 150 Å². The second-order valence-corrected chi connectivity index (χ2v) is 5.66. The van der Waals surface area contributed by atoms with E-state index in [2.05, 4.69) is 0 Å². The highest BCUT2D eigenvalue weighted by molar-refractivity contribution is 7.81. The minimum absolute atomic E-state index is 0.0824. The zero-order valence-electron chi connectivity index (χ0n) is 13.8. The molecule has 1 saturated heterocycles. The van der Waals surface area contributed by atoms with Crippen LogP contribution in [0.1, 0.15) is 6.42 Å². The van der Waals surface area contributed by atoms with Gasteiger partial charge in [-0.2, -0.15) is 0 Å². The average Bonchev–Trinajstić information content (AvgIpc) is 2.62. The first kappa shape index (κ1) is 16.9. The SMILES string of the molecule is COc1cccc(N2C(=O)CC(=O)N(c3ccccc3OC)C2=S)c1. The van der Waals surface area contributed by atoms with Crippen molar-refractivity contribution in [2.24, 2.45) is 0 Å². The fourth-order valence-electron chi connectivity index (χ4n) is 2.66. The number of amides is 2. The molecule has 0 bridgehead atoms. The minimum atomic E-state index is -0.390. The number of nitrogens with zero attached hydrogens (tertiary/aromatic N) is 2. The minimum Gasteiger partial charge on any atom is -0.497 e. The monoisotopic (exact) mass is 356 g/mol. The van der Waals surface area contributed by atoms with E-state index in [1.54, 1.807) is 55.6 Å². The van der Waals surface area contributed by atoms with Gasteiger partial charge in [0, 0.05) is 6.07 Å². The van der Waals surface area contributed by atoms with Crippen LogP contribution in [-0.2, 0) is 9.59 Å². The highest BCUT2D eigenvalue weighted by Gasteiger charge is 2.38. The Balaban J connectivity index is 2.05. The van der Waals surface area contributed by atoms with E-state index in [0.29, 0.717) is 22.9 Å². The van der Waals surface area contributed by atoms with Gasteiger partial charge in [-0.1, -0.05) is 18.2 Å². The van der Waals surface area contributed by atoms with E-state index in [1.807, 2.05) is 0 Å². The molecule has 1 fully saturated rings. The van der Waals surface area contributed by atoms with Gasteiger partial charge in [0.25, 0.3) is 0 Å². The van der Waals surface area contributed by atoms with Crippen molar-refractivity contribution >= 4 is 40.5 Å². The number of ether oxygens (including phenoxy) is 2. The summed E-state index contributed by atoms with van der Waals surface area (Å²) < 4.78 is 10.5. The molecule has 0 aromatic heterocycles. The fraction of sp³-hybridized carbons (Fsp3) is 0.167. The smallest absolute Gasteiger partial charge is 0.242 e. The van der Waals surface area contributed by atoms with Crippen molar-refractivity contribution in [3.8, 4) is 11.5 Å². The molecular formula is C18H16N2O4S. The number of thiocarbonyl (C=S) groups is 1. The van der Waals surface area contributed by atoms with Gasteiger partial charge in [0.2, 0.25) is 11.8 Å². The van der Waals surface area contributed by atoms with E-state index in [9.17, 15) is 9.59 Å². The second kappa shape index (κ2) is 6.90. The number of benzene rings is 2. The zero-order chi connectivity index (χ0) is 18.0. The number of hydrogen-bond donors (Lipinski definition) is 0. The molecule has 2 aromatic rings. The molecule has 2 aromatic carbocycles. The lowest BCUT2D eigenvalue weighted by Crippen LogP contribution is -2.55. The molecule has 1 heterocycles. The van der Waals surface area contributed by atoms with E-state index < -0.39 is 5.91 Å². The molecule has 0 spiro atoms. The molecule has 1 aliphatic heterocycles. The third-order valence-corrected chi connectivity index (χ3v) is 4.19. The summed E-state index contributed by atoms with van der Waals surface area (Å²) in [5.41, 5.74) is 1.04. The first-order chi connectivity index (χ1) is 12.1. The lowest BCUT2D eigenvalue weighted by molar-refractivity contribution is -0.126. The lowest BCUT2D eigenvalue weighted by Gasteiger charge is -2.35. The maximum atomic E-state index is 12.5. The summed E-state index contributed by atoms with van der Waals surface area (Å²) in [6.07, 6.45) is -0.282. The Kier molecular flexibility index (Phi) is 4.67. The van der Waals surface area contributed by atoms with Crippen LogP contribution in [0, 0.1) is 0 Å². The molecule has 128 valence electrons. The standard InChI is InChI=1S/C18H16N2O4S/c1-23-13-7-5-6-12(10-13)19-16(21)11-17(22)20(18(19)25)14-8-3-4-9-15(14)24-2/h3-10H,11H2,1-2H3. The number of methoxy groups -OCH3 is 2. The van der Waals surface area contributed by atoms with Crippen molar-refractivity contribution < 1.29 is 19.1 Å². The van der Waals surface area contributed by atoms with Crippen molar-refractivity contribution in [1.29, 1.82) is 0 Å². The Morgan fingerprint density at radius 2 is 1.64 bits per heavy atom. The van der Waals surface area contributed by atoms with E-state index in [4.69, 9.17) is 21.7 Å². The first-order valence-corrected chi connectivity index (χ1v) is 7.94. The third-order valence-electron chi connectivity index (χ3n) is 3.82. The maximum Gasteiger partial charge on any atom is 0.242 e. The highest BCUT2D eigenvalue weighted by atomic mass is 32.1. The Bertz CT molecular complexity index is 852. The fourth-order valence-corrected chi connectivity index (χ4v) is 3.06. The summed E-state index contributed by atoms with van der Waals surface area (Å²) in [6, 6.07) is 14.0. The molecule has 2 amide bonds. The summed E-state index contributed by atoms with van der Waals surface area (Å²) in [6.45, 7) is 0. The van der Waals surface area contributed by atoms with E-state index in [0.717, 1.165) is 0 Å². The normalized spacial score (nSPS) is 14.7. The van der Waals surface area contributed by atoms with Crippen molar-refractivity contribution in [2.45, 2.75) is 6.42 Å². The number of para-hydroxylation sites is 2. The van der Waals surface area contributed by atoms with E-state index >= 15 is 0 Å². The molecule has 0 aliphatic carbocycles. The van der Waals surface area contributed by atoms with Crippen LogP contribution in [0.25, 0.3) is 0 Å². The summed E-state index contributed by atoms with van der Waals surface area (Å²) >= 11 is 5.47. The van der Waals surface area contributed by atoms with Crippen LogP contribution < -0.4 is 19.3 Å². The zero-order valence-corrected chi connectivity index (χ0v) is 14.6. The molecule has 6 nitrogen and oxygen atoms in total. The van der Waals surface area contributed by atoms with Gasteiger partial charge in [0.15, 0.2) is 5.11 Å². The molecule has 0 atom stereocenters. The molecule has 7 heteroatoms. The van der Waals surface area contributed by atoms with Gasteiger partial charge in [-0.15, -0.1) is 0 Å². The van der Waals surface area contributed by atoms with Crippen LogP contribution in [0.3, 0.4) is 0 Å². The van der Waals surface area contributed by atoms with Gasteiger partial charge in [0.05, 0.1) is 25.6 Å². The molecule has 0 N–H and O–H groups in total. The van der Waals surface area contributed by atoms with Crippen molar-refractivity contribution in [3.05, 3.63) is 48.5 Å². The number of carbonyl (C=O) groups excluding carboxylic acids is 2. The second-order valence-electron chi connectivity index (χ2n) is 5.29. The van der Waals surface area contributed by atoms with E-state index in [-0.39, 0.29) is 17.4 Å². The molecule has 0 radical (unpaired) electrons. The molecule has 25 heavy (non-hydrogen) atoms.